The molecule has 0 aliphatic heterocycles. The summed E-state index contributed by atoms with van der Waals surface area (Å²) in [4.78, 5) is 15.0. The van der Waals surface area contributed by atoms with E-state index < -0.39 is 0 Å². The van der Waals surface area contributed by atoms with Gasteiger partial charge in [-0.2, -0.15) is 0 Å². The van der Waals surface area contributed by atoms with Gasteiger partial charge in [-0.05, 0) is 68.2 Å². The van der Waals surface area contributed by atoms with E-state index in [1.54, 1.807) is 11.3 Å². The van der Waals surface area contributed by atoms with Crippen LogP contribution in [-0.4, -0.2) is 21.6 Å². The van der Waals surface area contributed by atoms with Crippen molar-refractivity contribution in [1.29, 1.82) is 0 Å². The summed E-state index contributed by atoms with van der Waals surface area (Å²) in [7, 11) is 0. The summed E-state index contributed by atoms with van der Waals surface area (Å²) in [5.41, 5.74) is 2.44. The van der Waals surface area contributed by atoms with Crippen LogP contribution >= 0.6 is 11.3 Å². The van der Waals surface area contributed by atoms with Gasteiger partial charge in [0.05, 0.1) is 12.0 Å². The first-order valence-electron chi connectivity index (χ1n) is 9.69. The summed E-state index contributed by atoms with van der Waals surface area (Å²) < 4.78 is 7.30. The highest BCUT2D eigenvalue weighted by Gasteiger charge is 2.23. The molecule has 0 radical (unpaired) electrons. The average Bonchev–Trinajstić information content (AvgIpc) is 3.01. The minimum Gasteiger partial charge on any atom is -0.494 e. The number of benzene rings is 1. The van der Waals surface area contributed by atoms with Crippen LogP contribution in [0.15, 0.2) is 29.1 Å². The zero-order chi connectivity index (χ0) is 18.8. The highest BCUT2D eigenvalue weighted by Crippen LogP contribution is 2.35. The molecule has 0 fully saturated rings. The van der Waals surface area contributed by atoms with Crippen LogP contribution < -0.4 is 10.3 Å². The van der Waals surface area contributed by atoms with Crippen LogP contribution in [0.1, 0.15) is 42.2 Å². The van der Waals surface area contributed by atoms with Gasteiger partial charge in [0.1, 0.15) is 5.75 Å². The number of aromatic nitrogens is 3. The molecule has 1 atom stereocenters. The van der Waals surface area contributed by atoms with Gasteiger partial charge in [0.15, 0.2) is 4.83 Å². The Hall–Kier alpha value is -2.21. The number of unbranched alkanes of at least 4 members (excludes halogenated alkanes) is 1. The Labute approximate surface area is 163 Å². The molecule has 1 aliphatic carbocycles. The summed E-state index contributed by atoms with van der Waals surface area (Å²) >= 11 is 1.65. The van der Waals surface area contributed by atoms with Gasteiger partial charge >= 0.3 is 0 Å². The summed E-state index contributed by atoms with van der Waals surface area (Å²) in [6, 6.07) is 8.05. The Morgan fingerprint density at radius 2 is 2.22 bits per heavy atom. The maximum atomic E-state index is 12.9. The maximum absolute atomic E-state index is 12.9. The Morgan fingerprint density at radius 1 is 1.33 bits per heavy atom. The van der Waals surface area contributed by atoms with Gasteiger partial charge in [-0.1, -0.05) is 24.3 Å². The molecule has 2 aromatic heterocycles. The lowest BCUT2D eigenvalue weighted by Gasteiger charge is -2.17. The lowest BCUT2D eigenvalue weighted by atomic mass is 9.89. The molecule has 142 valence electrons. The van der Waals surface area contributed by atoms with Gasteiger partial charge in [-0.25, -0.2) is 4.68 Å². The van der Waals surface area contributed by atoms with Crippen LogP contribution in [0.3, 0.4) is 0 Å². The SMILES string of the molecule is Cc1cccc(OCCCCn2nnc3sc4c(c3c2=O)CC[C@@H](C)C4)c1. The number of ether oxygens (including phenoxy) is 1. The molecule has 0 spiro atoms. The molecule has 2 heterocycles. The second-order valence-corrected chi connectivity index (χ2v) is 8.61. The normalized spacial score (nSPS) is 16.4. The fraction of sp³-hybridized carbons (Fsp3) is 0.476. The monoisotopic (exact) mass is 383 g/mol. The van der Waals surface area contributed by atoms with Crippen molar-refractivity contribution in [2.24, 2.45) is 5.92 Å². The highest BCUT2D eigenvalue weighted by molar-refractivity contribution is 7.18. The third-order valence-electron chi connectivity index (χ3n) is 5.21. The van der Waals surface area contributed by atoms with E-state index >= 15 is 0 Å². The first kappa shape index (κ1) is 18.2. The number of thiophene rings is 1. The molecule has 0 saturated heterocycles. The number of hydrogen-bond acceptors (Lipinski definition) is 5. The minimum atomic E-state index is 0.0201. The predicted octanol–water partition coefficient (Wildman–Crippen LogP) is 4.15. The summed E-state index contributed by atoms with van der Waals surface area (Å²) in [6.45, 7) is 5.55. The quantitative estimate of drug-likeness (QED) is 0.600. The van der Waals surface area contributed by atoms with Crippen molar-refractivity contribution >= 4 is 21.6 Å². The zero-order valence-corrected chi connectivity index (χ0v) is 16.7. The van der Waals surface area contributed by atoms with E-state index in [9.17, 15) is 4.79 Å². The van der Waals surface area contributed by atoms with Gasteiger partial charge in [0, 0.05) is 11.4 Å². The van der Waals surface area contributed by atoms with Crippen molar-refractivity contribution < 1.29 is 4.74 Å². The van der Waals surface area contributed by atoms with Gasteiger partial charge in [0.2, 0.25) is 0 Å². The molecule has 0 bridgehead atoms. The van der Waals surface area contributed by atoms with Crippen molar-refractivity contribution in [2.45, 2.75) is 52.5 Å². The van der Waals surface area contributed by atoms with Crippen molar-refractivity contribution in [3.05, 3.63) is 50.6 Å². The largest absolute Gasteiger partial charge is 0.494 e. The average molecular weight is 384 g/mol. The van der Waals surface area contributed by atoms with Gasteiger partial charge in [0.25, 0.3) is 5.56 Å². The summed E-state index contributed by atoms with van der Waals surface area (Å²) in [5, 5.41) is 9.30. The van der Waals surface area contributed by atoms with E-state index in [0.29, 0.717) is 19.1 Å². The Balaban J connectivity index is 1.39. The summed E-state index contributed by atoms with van der Waals surface area (Å²) in [6.07, 6.45) is 4.92. The summed E-state index contributed by atoms with van der Waals surface area (Å²) in [5.74, 6) is 1.58. The zero-order valence-electron chi connectivity index (χ0n) is 15.9. The molecule has 4 rings (SSSR count). The Bertz CT molecular complexity index is 1010. The first-order chi connectivity index (χ1) is 13.1. The van der Waals surface area contributed by atoms with Crippen LogP contribution in [0.4, 0.5) is 0 Å². The number of aryl methyl sites for hydroxylation is 3. The van der Waals surface area contributed by atoms with Gasteiger partial charge in [-0.15, -0.1) is 16.4 Å². The molecule has 1 aromatic carbocycles. The third-order valence-corrected chi connectivity index (χ3v) is 6.35. The number of hydrogen-bond donors (Lipinski definition) is 0. The Kier molecular flexibility index (Phi) is 5.25. The number of rotatable bonds is 6. The molecule has 0 saturated carbocycles. The molecule has 0 N–H and O–H groups in total. The minimum absolute atomic E-state index is 0.0201. The Morgan fingerprint density at radius 3 is 3.07 bits per heavy atom. The molecule has 3 aromatic rings. The standard InChI is InChI=1S/C21H25N3O2S/c1-14-6-5-7-16(12-14)26-11-4-3-10-24-21(25)19-17-9-8-15(2)13-18(17)27-20(19)22-23-24/h5-7,12,15H,3-4,8-11,13H2,1-2H3/t15-/m1/s1. The predicted molar refractivity (Wildman–Crippen MR) is 109 cm³/mol. The van der Waals surface area contributed by atoms with Crippen molar-refractivity contribution in [3.8, 4) is 5.75 Å². The van der Waals surface area contributed by atoms with Crippen LogP contribution in [-0.2, 0) is 19.4 Å². The van der Waals surface area contributed by atoms with Crippen molar-refractivity contribution in [2.75, 3.05) is 6.61 Å². The smallest absolute Gasteiger partial charge is 0.278 e. The molecule has 1 aliphatic rings. The van der Waals surface area contributed by atoms with Crippen molar-refractivity contribution in [3.63, 3.8) is 0 Å². The first-order valence-corrected chi connectivity index (χ1v) is 10.5. The molecule has 0 amide bonds. The third kappa shape index (κ3) is 3.90. The highest BCUT2D eigenvalue weighted by atomic mass is 32.1. The van der Waals surface area contributed by atoms with E-state index in [4.69, 9.17) is 4.74 Å². The second kappa shape index (κ2) is 7.80. The number of fused-ring (bicyclic) bond motifs is 3. The molecule has 6 heteroatoms. The maximum Gasteiger partial charge on any atom is 0.278 e. The fourth-order valence-electron chi connectivity index (χ4n) is 3.70. The number of nitrogens with zero attached hydrogens (tertiary/aromatic N) is 3. The van der Waals surface area contributed by atoms with Gasteiger partial charge in [-0.3, -0.25) is 4.79 Å². The van der Waals surface area contributed by atoms with Crippen LogP contribution in [0.2, 0.25) is 0 Å². The molecule has 5 nitrogen and oxygen atoms in total. The van der Waals surface area contributed by atoms with E-state index in [0.717, 1.165) is 48.1 Å². The van der Waals surface area contributed by atoms with Crippen LogP contribution in [0.25, 0.3) is 10.2 Å². The molecular formula is C21H25N3O2S. The topological polar surface area (TPSA) is 57.0 Å². The van der Waals surface area contributed by atoms with Crippen molar-refractivity contribution in [1.82, 2.24) is 15.0 Å². The van der Waals surface area contributed by atoms with E-state index in [-0.39, 0.29) is 5.56 Å². The fourth-order valence-corrected chi connectivity index (χ4v) is 5.02. The lowest BCUT2D eigenvalue weighted by molar-refractivity contribution is 0.300. The van der Waals surface area contributed by atoms with E-state index in [1.165, 1.54) is 20.7 Å². The molecule has 0 unspecified atom stereocenters. The molecule has 27 heavy (non-hydrogen) atoms. The lowest BCUT2D eigenvalue weighted by Crippen LogP contribution is -2.25. The van der Waals surface area contributed by atoms with Crippen LogP contribution in [0.5, 0.6) is 5.75 Å². The van der Waals surface area contributed by atoms with E-state index in [2.05, 4.69) is 30.2 Å². The van der Waals surface area contributed by atoms with Crippen LogP contribution in [0, 0.1) is 12.8 Å². The second-order valence-electron chi connectivity index (χ2n) is 7.52. The molecular weight excluding hydrogens is 358 g/mol. The van der Waals surface area contributed by atoms with Gasteiger partial charge < -0.3 is 4.74 Å². The van der Waals surface area contributed by atoms with E-state index in [1.807, 2.05) is 18.2 Å².